The standard InChI is InChI=1S/C11H24N4O2/c1-9(2)7-13-11(17)14-10(16)8-15(4)6-5-12-3/h9,12H,5-8H2,1-4H3,(H2,13,14,16,17). The molecule has 0 bridgehead atoms. The molecule has 0 atom stereocenters. The van der Waals surface area contributed by atoms with Crippen LogP contribution in [0.1, 0.15) is 13.8 Å². The third-order valence-corrected chi connectivity index (χ3v) is 2.08. The Morgan fingerprint density at radius 3 is 2.47 bits per heavy atom. The molecule has 0 aromatic carbocycles. The minimum absolute atomic E-state index is 0.219. The predicted octanol–water partition coefficient (Wildman–Crippen LogP) is -0.381. The molecule has 0 radical (unpaired) electrons. The van der Waals surface area contributed by atoms with E-state index < -0.39 is 6.03 Å². The van der Waals surface area contributed by atoms with Crippen LogP contribution in [-0.2, 0) is 4.79 Å². The molecule has 0 saturated carbocycles. The predicted molar refractivity (Wildman–Crippen MR) is 67.8 cm³/mol. The number of nitrogens with zero attached hydrogens (tertiary/aromatic N) is 1. The Labute approximate surface area is 103 Å². The molecule has 0 saturated heterocycles. The third kappa shape index (κ3) is 9.77. The van der Waals surface area contributed by atoms with Crippen molar-refractivity contribution >= 4 is 11.9 Å². The highest BCUT2D eigenvalue weighted by Crippen LogP contribution is 1.86. The molecule has 0 aliphatic rings. The van der Waals surface area contributed by atoms with E-state index in [-0.39, 0.29) is 12.5 Å². The van der Waals surface area contributed by atoms with Crippen LogP contribution in [-0.4, -0.2) is 57.1 Å². The number of hydrogen-bond acceptors (Lipinski definition) is 4. The fraction of sp³-hybridized carbons (Fsp3) is 0.818. The van der Waals surface area contributed by atoms with Gasteiger partial charge in [-0.05, 0) is 20.0 Å². The number of imide groups is 1. The van der Waals surface area contributed by atoms with Crippen molar-refractivity contribution in [2.75, 3.05) is 40.3 Å². The summed E-state index contributed by atoms with van der Waals surface area (Å²) in [6.07, 6.45) is 0. The van der Waals surface area contributed by atoms with Gasteiger partial charge in [-0.2, -0.15) is 0 Å². The van der Waals surface area contributed by atoms with Gasteiger partial charge in [0, 0.05) is 19.6 Å². The summed E-state index contributed by atoms with van der Waals surface area (Å²) in [6, 6.07) is -0.425. The normalized spacial score (nSPS) is 10.7. The lowest BCUT2D eigenvalue weighted by Crippen LogP contribution is -2.45. The second-order valence-corrected chi connectivity index (χ2v) is 4.49. The van der Waals surface area contributed by atoms with E-state index in [1.54, 1.807) is 0 Å². The molecule has 0 aromatic rings. The third-order valence-electron chi connectivity index (χ3n) is 2.08. The van der Waals surface area contributed by atoms with Gasteiger partial charge in [0.15, 0.2) is 0 Å². The smallest absolute Gasteiger partial charge is 0.321 e. The van der Waals surface area contributed by atoms with Crippen LogP contribution in [0.5, 0.6) is 0 Å². The maximum atomic E-state index is 11.4. The van der Waals surface area contributed by atoms with E-state index in [0.29, 0.717) is 12.5 Å². The number of carbonyl (C=O) groups excluding carboxylic acids is 2. The van der Waals surface area contributed by atoms with E-state index >= 15 is 0 Å². The molecule has 0 unspecified atom stereocenters. The van der Waals surface area contributed by atoms with E-state index in [2.05, 4.69) is 16.0 Å². The molecule has 0 fully saturated rings. The lowest BCUT2D eigenvalue weighted by molar-refractivity contribution is -0.120. The fourth-order valence-corrected chi connectivity index (χ4v) is 1.13. The quantitative estimate of drug-likeness (QED) is 0.571. The van der Waals surface area contributed by atoms with Gasteiger partial charge in [-0.1, -0.05) is 13.8 Å². The van der Waals surface area contributed by atoms with Crippen LogP contribution in [0, 0.1) is 5.92 Å². The number of likely N-dealkylation sites (N-methyl/N-ethyl adjacent to an activating group) is 2. The van der Waals surface area contributed by atoms with Crippen LogP contribution in [0.2, 0.25) is 0 Å². The summed E-state index contributed by atoms with van der Waals surface area (Å²) in [6.45, 7) is 6.34. The van der Waals surface area contributed by atoms with Crippen molar-refractivity contribution in [1.82, 2.24) is 20.9 Å². The molecule has 0 aliphatic heterocycles. The molecule has 0 aliphatic carbocycles. The average Bonchev–Trinajstić information content (AvgIpc) is 2.23. The molecule has 17 heavy (non-hydrogen) atoms. The van der Waals surface area contributed by atoms with Crippen molar-refractivity contribution < 1.29 is 9.59 Å². The number of amides is 3. The van der Waals surface area contributed by atoms with Crippen molar-refractivity contribution in [3.8, 4) is 0 Å². The molecule has 100 valence electrons. The van der Waals surface area contributed by atoms with Crippen LogP contribution in [0.25, 0.3) is 0 Å². The molecular formula is C11H24N4O2. The maximum Gasteiger partial charge on any atom is 0.321 e. The molecule has 3 N–H and O–H groups in total. The van der Waals surface area contributed by atoms with Gasteiger partial charge < -0.3 is 10.6 Å². The van der Waals surface area contributed by atoms with Gasteiger partial charge in [0.25, 0.3) is 0 Å². The average molecular weight is 244 g/mol. The summed E-state index contributed by atoms with van der Waals surface area (Å²) in [5, 5.41) is 7.91. The summed E-state index contributed by atoms with van der Waals surface area (Å²) >= 11 is 0. The van der Waals surface area contributed by atoms with Gasteiger partial charge in [-0.25, -0.2) is 4.79 Å². The summed E-state index contributed by atoms with van der Waals surface area (Å²) < 4.78 is 0. The van der Waals surface area contributed by atoms with Crippen molar-refractivity contribution in [2.24, 2.45) is 5.92 Å². The van der Waals surface area contributed by atoms with Crippen LogP contribution in [0.4, 0.5) is 4.79 Å². The van der Waals surface area contributed by atoms with E-state index in [9.17, 15) is 9.59 Å². The van der Waals surface area contributed by atoms with Gasteiger partial charge in [0.2, 0.25) is 5.91 Å². The first kappa shape index (κ1) is 15.9. The minimum Gasteiger partial charge on any atom is -0.338 e. The van der Waals surface area contributed by atoms with Gasteiger partial charge in [0.1, 0.15) is 0 Å². The zero-order valence-electron chi connectivity index (χ0n) is 11.2. The molecular weight excluding hydrogens is 220 g/mol. The molecule has 6 heteroatoms. The largest absolute Gasteiger partial charge is 0.338 e. The summed E-state index contributed by atoms with van der Waals surface area (Å²) in [7, 11) is 3.69. The first-order chi connectivity index (χ1) is 7.95. The van der Waals surface area contributed by atoms with Crippen molar-refractivity contribution in [2.45, 2.75) is 13.8 Å². The second-order valence-electron chi connectivity index (χ2n) is 4.49. The Hall–Kier alpha value is -1.14. The van der Waals surface area contributed by atoms with E-state index in [0.717, 1.165) is 13.1 Å². The van der Waals surface area contributed by atoms with Gasteiger partial charge in [0.05, 0.1) is 6.54 Å². The van der Waals surface area contributed by atoms with Crippen molar-refractivity contribution in [3.05, 3.63) is 0 Å². The topological polar surface area (TPSA) is 73.5 Å². The molecule has 0 spiro atoms. The van der Waals surface area contributed by atoms with Crippen molar-refractivity contribution in [3.63, 3.8) is 0 Å². The maximum absolute atomic E-state index is 11.4. The second kappa shape index (κ2) is 8.95. The van der Waals surface area contributed by atoms with Crippen LogP contribution >= 0.6 is 0 Å². The number of urea groups is 1. The zero-order chi connectivity index (χ0) is 13.3. The number of carbonyl (C=O) groups is 2. The Kier molecular flexibility index (Phi) is 8.35. The Balaban J connectivity index is 3.73. The highest BCUT2D eigenvalue weighted by atomic mass is 16.2. The lowest BCUT2D eigenvalue weighted by Gasteiger charge is -2.15. The first-order valence-electron chi connectivity index (χ1n) is 5.86. The molecule has 0 rings (SSSR count). The number of hydrogen-bond donors (Lipinski definition) is 3. The van der Waals surface area contributed by atoms with Gasteiger partial charge in [-0.3, -0.25) is 15.0 Å². The Bertz CT molecular complexity index is 244. The summed E-state index contributed by atoms with van der Waals surface area (Å²) in [5.41, 5.74) is 0. The highest BCUT2D eigenvalue weighted by Gasteiger charge is 2.09. The Morgan fingerprint density at radius 1 is 1.29 bits per heavy atom. The molecule has 0 aromatic heterocycles. The van der Waals surface area contributed by atoms with E-state index in [4.69, 9.17) is 0 Å². The van der Waals surface area contributed by atoms with E-state index in [1.165, 1.54) is 0 Å². The highest BCUT2D eigenvalue weighted by molar-refractivity contribution is 5.95. The molecule has 6 nitrogen and oxygen atoms in total. The number of rotatable bonds is 7. The van der Waals surface area contributed by atoms with Crippen LogP contribution < -0.4 is 16.0 Å². The summed E-state index contributed by atoms with van der Waals surface area (Å²) in [4.78, 5) is 24.6. The first-order valence-corrected chi connectivity index (χ1v) is 5.86. The number of nitrogens with one attached hydrogen (secondary N) is 3. The molecule has 0 heterocycles. The lowest BCUT2D eigenvalue weighted by atomic mass is 10.2. The Morgan fingerprint density at radius 2 is 1.94 bits per heavy atom. The van der Waals surface area contributed by atoms with Gasteiger partial charge >= 0.3 is 6.03 Å². The SMILES string of the molecule is CNCCN(C)CC(=O)NC(=O)NCC(C)C. The minimum atomic E-state index is -0.425. The van der Waals surface area contributed by atoms with Crippen LogP contribution in [0.3, 0.4) is 0 Å². The fourth-order valence-electron chi connectivity index (χ4n) is 1.13. The summed E-state index contributed by atoms with van der Waals surface area (Å²) in [5.74, 6) is 0.0824. The monoisotopic (exact) mass is 244 g/mol. The molecule has 3 amide bonds. The van der Waals surface area contributed by atoms with E-state index in [1.807, 2.05) is 32.8 Å². The van der Waals surface area contributed by atoms with Gasteiger partial charge in [-0.15, -0.1) is 0 Å². The van der Waals surface area contributed by atoms with Crippen molar-refractivity contribution in [1.29, 1.82) is 0 Å². The van der Waals surface area contributed by atoms with Crippen LogP contribution in [0.15, 0.2) is 0 Å². The zero-order valence-corrected chi connectivity index (χ0v) is 11.2.